The lowest BCUT2D eigenvalue weighted by atomic mass is 9.85. The van der Waals surface area contributed by atoms with E-state index in [1.165, 1.54) is 6.42 Å². The molecule has 1 aromatic carbocycles. The number of hydrogen-bond acceptors (Lipinski definition) is 2. The predicted octanol–water partition coefficient (Wildman–Crippen LogP) is 3.60. The summed E-state index contributed by atoms with van der Waals surface area (Å²) >= 11 is 3.46. The van der Waals surface area contributed by atoms with Gasteiger partial charge in [-0.2, -0.15) is 0 Å². The molecular weight excluding hydrogens is 302 g/mol. The minimum atomic E-state index is 0.134. The topological polar surface area (TPSA) is 53.1 Å². The lowest BCUT2D eigenvalue weighted by molar-refractivity contribution is 0.297. The first-order valence-corrected chi connectivity index (χ1v) is 7.60. The average Bonchev–Trinajstić information content (AvgIpc) is 2.34. The Morgan fingerprint density at radius 2 is 2.05 bits per heavy atom. The standard InChI is InChI=1S/C15H22BrN3/c1-9-6-10(2)11(3)19(8-9)14-5-4-12(16)7-13(14)15(17)18/h4-5,7,9-11H,6,8H2,1-3H3,(H3,17,18). The van der Waals surface area contributed by atoms with E-state index in [4.69, 9.17) is 11.1 Å². The van der Waals surface area contributed by atoms with Crippen LogP contribution >= 0.6 is 15.9 Å². The highest BCUT2D eigenvalue weighted by molar-refractivity contribution is 9.10. The molecule has 0 aromatic heterocycles. The lowest BCUT2D eigenvalue weighted by Crippen LogP contribution is -2.46. The maximum Gasteiger partial charge on any atom is 0.124 e. The number of anilines is 1. The van der Waals surface area contributed by atoms with Gasteiger partial charge in [0.2, 0.25) is 0 Å². The van der Waals surface area contributed by atoms with E-state index in [0.29, 0.717) is 17.9 Å². The van der Waals surface area contributed by atoms with E-state index in [1.807, 2.05) is 12.1 Å². The van der Waals surface area contributed by atoms with Crippen LogP contribution in [-0.2, 0) is 0 Å². The fourth-order valence-electron chi connectivity index (χ4n) is 3.01. The summed E-state index contributed by atoms with van der Waals surface area (Å²) in [5, 5.41) is 7.79. The van der Waals surface area contributed by atoms with Crippen LogP contribution in [-0.4, -0.2) is 18.4 Å². The van der Waals surface area contributed by atoms with Crippen molar-refractivity contribution in [1.29, 1.82) is 5.41 Å². The normalized spacial score (nSPS) is 27.4. The number of halogens is 1. The summed E-state index contributed by atoms with van der Waals surface area (Å²) in [6.07, 6.45) is 1.27. The summed E-state index contributed by atoms with van der Waals surface area (Å²) in [4.78, 5) is 2.40. The monoisotopic (exact) mass is 323 g/mol. The minimum Gasteiger partial charge on any atom is -0.384 e. The number of nitrogen functional groups attached to an aromatic ring is 1. The fourth-order valence-corrected chi connectivity index (χ4v) is 3.37. The molecule has 0 aliphatic carbocycles. The maximum atomic E-state index is 7.79. The van der Waals surface area contributed by atoms with Crippen LogP contribution in [0.1, 0.15) is 32.8 Å². The molecule has 3 nitrogen and oxygen atoms in total. The van der Waals surface area contributed by atoms with Crippen molar-refractivity contribution in [2.45, 2.75) is 33.2 Å². The van der Waals surface area contributed by atoms with Crippen molar-refractivity contribution in [2.24, 2.45) is 17.6 Å². The van der Waals surface area contributed by atoms with E-state index < -0.39 is 0 Å². The van der Waals surface area contributed by atoms with E-state index in [9.17, 15) is 0 Å². The summed E-state index contributed by atoms with van der Waals surface area (Å²) < 4.78 is 0.965. The van der Waals surface area contributed by atoms with Gasteiger partial charge < -0.3 is 10.6 Å². The molecule has 1 heterocycles. The molecule has 0 bridgehead atoms. The van der Waals surface area contributed by atoms with Crippen molar-refractivity contribution in [3.05, 3.63) is 28.2 Å². The Labute approximate surface area is 123 Å². The van der Waals surface area contributed by atoms with Gasteiger partial charge in [0.25, 0.3) is 0 Å². The minimum absolute atomic E-state index is 0.134. The Morgan fingerprint density at radius 3 is 2.68 bits per heavy atom. The molecule has 19 heavy (non-hydrogen) atoms. The van der Waals surface area contributed by atoms with Gasteiger partial charge in [-0.15, -0.1) is 0 Å². The third kappa shape index (κ3) is 2.94. The zero-order chi connectivity index (χ0) is 14.2. The summed E-state index contributed by atoms with van der Waals surface area (Å²) in [5.74, 6) is 1.47. The van der Waals surface area contributed by atoms with Gasteiger partial charge >= 0.3 is 0 Å². The predicted molar refractivity (Wildman–Crippen MR) is 84.9 cm³/mol. The molecule has 1 aromatic rings. The van der Waals surface area contributed by atoms with Crippen molar-refractivity contribution in [2.75, 3.05) is 11.4 Å². The molecule has 0 spiro atoms. The van der Waals surface area contributed by atoms with Crippen molar-refractivity contribution in [3.8, 4) is 0 Å². The average molecular weight is 324 g/mol. The first kappa shape index (κ1) is 14.4. The second-order valence-electron chi connectivity index (χ2n) is 5.79. The molecular formula is C15H22BrN3. The van der Waals surface area contributed by atoms with Crippen molar-refractivity contribution >= 4 is 27.5 Å². The van der Waals surface area contributed by atoms with Crippen LogP contribution < -0.4 is 10.6 Å². The second-order valence-corrected chi connectivity index (χ2v) is 6.70. The van der Waals surface area contributed by atoms with Crippen LogP contribution in [0.2, 0.25) is 0 Å². The molecule has 0 amide bonds. The molecule has 1 aliphatic rings. The van der Waals surface area contributed by atoms with Gasteiger partial charge in [-0.25, -0.2) is 0 Å². The molecule has 3 unspecified atom stereocenters. The van der Waals surface area contributed by atoms with Crippen LogP contribution in [0.3, 0.4) is 0 Å². The summed E-state index contributed by atoms with van der Waals surface area (Å²) in [6.45, 7) is 7.90. The van der Waals surface area contributed by atoms with Gasteiger partial charge in [-0.1, -0.05) is 29.8 Å². The molecule has 0 radical (unpaired) electrons. The highest BCUT2D eigenvalue weighted by atomic mass is 79.9. The van der Waals surface area contributed by atoms with Crippen molar-refractivity contribution in [3.63, 3.8) is 0 Å². The number of piperidine rings is 1. The molecule has 0 saturated carbocycles. The third-order valence-electron chi connectivity index (χ3n) is 4.16. The van der Waals surface area contributed by atoms with Gasteiger partial charge in [0.1, 0.15) is 5.84 Å². The van der Waals surface area contributed by atoms with Crippen LogP contribution in [0, 0.1) is 17.2 Å². The van der Waals surface area contributed by atoms with Crippen molar-refractivity contribution < 1.29 is 0 Å². The number of benzene rings is 1. The smallest absolute Gasteiger partial charge is 0.124 e. The summed E-state index contributed by atoms with van der Waals surface area (Å²) in [5.41, 5.74) is 7.65. The van der Waals surface area contributed by atoms with Crippen molar-refractivity contribution in [1.82, 2.24) is 0 Å². The Balaban J connectivity index is 2.42. The van der Waals surface area contributed by atoms with E-state index in [-0.39, 0.29) is 5.84 Å². The third-order valence-corrected chi connectivity index (χ3v) is 4.65. The fraction of sp³-hybridized carbons (Fsp3) is 0.533. The lowest BCUT2D eigenvalue weighted by Gasteiger charge is -2.43. The van der Waals surface area contributed by atoms with Crippen LogP contribution in [0.4, 0.5) is 5.69 Å². The van der Waals surface area contributed by atoms with Gasteiger partial charge in [-0.05, 0) is 43.4 Å². The van der Waals surface area contributed by atoms with E-state index in [0.717, 1.165) is 22.3 Å². The van der Waals surface area contributed by atoms with Gasteiger partial charge in [0.15, 0.2) is 0 Å². The molecule has 2 rings (SSSR count). The quantitative estimate of drug-likeness (QED) is 0.645. The zero-order valence-corrected chi connectivity index (χ0v) is 13.4. The first-order valence-electron chi connectivity index (χ1n) is 6.80. The number of nitrogens with two attached hydrogens (primary N) is 1. The summed E-state index contributed by atoms with van der Waals surface area (Å²) in [6, 6.07) is 6.52. The molecule has 3 atom stereocenters. The first-order chi connectivity index (χ1) is 8.90. The Kier molecular flexibility index (Phi) is 4.19. The molecule has 4 heteroatoms. The number of nitrogens with one attached hydrogen (secondary N) is 1. The number of rotatable bonds is 2. The largest absolute Gasteiger partial charge is 0.384 e. The van der Waals surface area contributed by atoms with Crippen LogP contribution in [0.15, 0.2) is 22.7 Å². The number of hydrogen-bond donors (Lipinski definition) is 2. The van der Waals surface area contributed by atoms with Crippen LogP contribution in [0.5, 0.6) is 0 Å². The Hall–Kier alpha value is -1.03. The summed E-state index contributed by atoms with van der Waals surface area (Å²) in [7, 11) is 0. The number of nitrogens with zero attached hydrogens (tertiary/aromatic N) is 1. The van der Waals surface area contributed by atoms with Gasteiger partial charge in [-0.3, -0.25) is 5.41 Å². The highest BCUT2D eigenvalue weighted by Gasteiger charge is 2.30. The van der Waals surface area contributed by atoms with Gasteiger partial charge in [0, 0.05) is 28.3 Å². The highest BCUT2D eigenvalue weighted by Crippen LogP contribution is 2.34. The molecule has 104 valence electrons. The van der Waals surface area contributed by atoms with Gasteiger partial charge in [0.05, 0.1) is 0 Å². The zero-order valence-electron chi connectivity index (χ0n) is 11.8. The SMILES string of the molecule is CC1CC(C)C(C)N(c2ccc(Br)cc2C(=N)N)C1. The second kappa shape index (κ2) is 5.53. The van der Waals surface area contributed by atoms with E-state index in [2.05, 4.69) is 47.7 Å². The molecule has 1 aliphatic heterocycles. The molecule has 1 fully saturated rings. The van der Waals surface area contributed by atoms with E-state index in [1.54, 1.807) is 0 Å². The number of amidine groups is 1. The Morgan fingerprint density at radius 1 is 1.37 bits per heavy atom. The molecule has 3 N–H and O–H groups in total. The van der Waals surface area contributed by atoms with E-state index >= 15 is 0 Å². The maximum absolute atomic E-state index is 7.79. The molecule has 1 saturated heterocycles. The Bertz CT molecular complexity index is 486. The van der Waals surface area contributed by atoms with Crippen LogP contribution in [0.25, 0.3) is 0 Å².